The van der Waals surface area contributed by atoms with Gasteiger partial charge < -0.3 is 4.90 Å². The van der Waals surface area contributed by atoms with Gasteiger partial charge in [0.1, 0.15) is 0 Å². The smallest absolute Gasteiger partial charge is 0.312 e. The Kier molecular flexibility index (Phi) is 6.88. The average molecular weight is 437 g/mol. The second kappa shape index (κ2) is 8.70. The summed E-state index contributed by atoms with van der Waals surface area (Å²) in [5, 5.41) is 4.29. The Morgan fingerprint density at radius 3 is 2.80 bits per heavy atom. The summed E-state index contributed by atoms with van der Waals surface area (Å²) in [6.45, 7) is 0. The third-order valence-corrected chi connectivity index (χ3v) is 4.84. The van der Waals surface area contributed by atoms with Gasteiger partial charge >= 0.3 is 6.18 Å². The van der Waals surface area contributed by atoms with E-state index in [9.17, 15) is 18.0 Å². The molecule has 1 amide bonds. The average Bonchev–Trinajstić information content (AvgIpc) is 2.95. The van der Waals surface area contributed by atoms with Gasteiger partial charge in [-0.25, -0.2) is 4.68 Å². The second-order valence-corrected chi connectivity index (χ2v) is 7.12. The van der Waals surface area contributed by atoms with Crippen molar-refractivity contribution < 1.29 is 18.0 Å². The first-order valence-electron chi connectivity index (χ1n) is 7.34. The molecular weight excluding hydrogens is 421 g/mol. The third-order valence-electron chi connectivity index (χ3n) is 3.29. The van der Waals surface area contributed by atoms with Gasteiger partial charge in [0.15, 0.2) is 4.60 Å². The van der Waals surface area contributed by atoms with Crippen LogP contribution in [0.4, 0.5) is 18.9 Å². The van der Waals surface area contributed by atoms with Crippen LogP contribution in [0.25, 0.3) is 5.69 Å². The Hall–Kier alpha value is -1.55. The summed E-state index contributed by atoms with van der Waals surface area (Å²) in [7, 11) is 1.61. The molecule has 0 atom stereocenters. The quantitative estimate of drug-likeness (QED) is 0.613. The molecule has 0 unspecified atom stereocenters. The predicted octanol–water partition coefficient (Wildman–Crippen LogP) is 4.07. The molecule has 0 radical (unpaired) electrons. The van der Waals surface area contributed by atoms with E-state index in [1.165, 1.54) is 4.90 Å². The molecule has 2 heterocycles. The lowest BCUT2D eigenvalue weighted by atomic mass is 10.4. The van der Waals surface area contributed by atoms with Crippen LogP contribution in [0.3, 0.4) is 0 Å². The molecule has 2 rings (SSSR count). The van der Waals surface area contributed by atoms with Crippen molar-refractivity contribution >= 4 is 39.3 Å². The van der Waals surface area contributed by atoms with Crippen LogP contribution < -0.4 is 4.90 Å². The van der Waals surface area contributed by atoms with E-state index in [0.29, 0.717) is 16.0 Å². The second-order valence-electron chi connectivity index (χ2n) is 5.14. The van der Waals surface area contributed by atoms with Crippen molar-refractivity contribution in [2.75, 3.05) is 23.5 Å². The summed E-state index contributed by atoms with van der Waals surface area (Å²) in [6, 6.07) is 3.60. The molecular formula is C15H16BrF3N4OS. The molecule has 0 aliphatic carbocycles. The topological polar surface area (TPSA) is 51.0 Å². The third kappa shape index (κ3) is 6.03. The highest BCUT2D eigenvalue weighted by Gasteiger charge is 2.26. The molecule has 10 heteroatoms. The van der Waals surface area contributed by atoms with Crippen LogP contribution in [0.2, 0.25) is 0 Å². The molecule has 0 N–H and O–H groups in total. The Bertz CT molecular complexity index is 709. The molecule has 0 fully saturated rings. The fourth-order valence-corrected chi connectivity index (χ4v) is 3.38. The summed E-state index contributed by atoms with van der Waals surface area (Å²) >= 11 is 4.44. The number of aromatic nitrogens is 3. The van der Waals surface area contributed by atoms with E-state index in [1.54, 1.807) is 36.4 Å². The Morgan fingerprint density at radius 2 is 2.16 bits per heavy atom. The van der Waals surface area contributed by atoms with Crippen LogP contribution in [0.15, 0.2) is 35.3 Å². The maximum absolute atomic E-state index is 12.2. The number of amides is 1. The van der Waals surface area contributed by atoms with Crippen LogP contribution in [0.1, 0.15) is 12.8 Å². The van der Waals surface area contributed by atoms with Crippen LogP contribution in [0.5, 0.6) is 0 Å². The maximum atomic E-state index is 12.2. The Balaban J connectivity index is 1.90. The van der Waals surface area contributed by atoms with Crippen LogP contribution in [-0.2, 0) is 4.79 Å². The molecule has 0 bridgehead atoms. The fourth-order valence-electron chi connectivity index (χ4n) is 1.94. The fraction of sp³-hybridized carbons (Fsp3) is 0.400. The monoisotopic (exact) mass is 436 g/mol. The van der Waals surface area contributed by atoms with Crippen molar-refractivity contribution in [1.29, 1.82) is 0 Å². The van der Waals surface area contributed by atoms with Crippen LogP contribution in [0, 0.1) is 0 Å². The van der Waals surface area contributed by atoms with Gasteiger partial charge in [0, 0.05) is 31.2 Å². The minimum Gasteiger partial charge on any atom is -0.312 e. The highest BCUT2D eigenvalue weighted by molar-refractivity contribution is 9.10. The lowest BCUT2D eigenvalue weighted by molar-refractivity contribution is -0.129. The Labute approximate surface area is 155 Å². The summed E-state index contributed by atoms with van der Waals surface area (Å²) in [6.07, 6.45) is 0.140. The number of carbonyl (C=O) groups excluding carboxylic acids is 1. The van der Waals surface area contributed by atoms with Crippen molar-refractivity contribution in [1.82, 2.24) is 14.8 Å². The van der Waals surface area contributed by atoms with Gasteiger partial charge in [-0.3, -0.25) is 9.78 Å². The van der Waals surface area contributed by atoms with E-state index >= 15 is 0 Å². The zero-order valence-electron chi connectivity index (χ0n) is 13.3. The van der Waals surface area contributed by atoms with E-state index in [2.05, 4.69) is 26.0 Å². The highest BCUT2D eigenvalue weighted by atomic mass is 79.9. The van der Waals surface area contributed by atoms with Crippen molar-refractivity contribution in [2.24, 2.45) is 0 Å². The number of thioether (sulfide) groups is 1. The van der Waals surface area contributed by atoms with E-state index < -0.39 is 12.6 Å². The lowest BCUT2D eigenvalue weighted by Crippen LogP contribution is -2.26. The normalized spacial score (nSPS) is 11.6. The largest absolute Gasteiger partial charge is 0.389 e. The summed E-state index contributed by atoms with van der Waals surface area (Å²) in [5.41, 5.74) is 1.33. The van der Waals surface area contributed by atoms with Gasteiger partial charge in [-0.1, -0.05) is 0 Å². The minimum atomic E-state index is -4.15. The number of anilines is 1. The number of rotatable bonds is 7. The molecule has 0 saturated heterocycles. The SMILES string of the molecule is CN(C(=O)CCSCCC(F)(F)F)c1cn(-c2cccnc2)nc1Br. The molecule has 0 aliphatic heterocycles. The lowest BCUT2D eigenvalue weighted by Gasteiger charge is -2.15. The highest BCUT2D eigenvalue weighted by Crippen LogP contribution is 2.26. The zero-order valence-corrected chi connectivity index (χ0v) is 15.7. The summed E-state index contributed by atoms with van der Waals surface area (Å²) in [4.78, 5) is 17.7. The van der Waals surface area contributed by atoms with Crippen molar-refractivity contribution in [3.8, 4) is 5.69 Å². The van der Waals surface area contributed by atoms with Crippen molar-refractivity contribution in [3.63, 3.8) is 0 Å². The molecule has 5 nitrogen and oxygen atoms in total. The van der Waals surface area contributed by atoms with Crippen molar-refractivity contribution in [3.05, 3.63) is 35.3 Å². The first kappa shape index (κ1) is 19.8. The van der Waals surface area contributed by atoms with E-state index in [1.807, 2.05) is 6.07 Å². The predicted molar refractivity (Wildman–Crippen MR) is 95.1 cm³/mol. The van der Waals surface area contributed by atoms with Gasteiger partial charge in [0.25, 0.3) is 0 Å². The van der Waals surface area contributed by atoms with Crippen LogP contribution >= 0.6 is 27.7 Å². The van der Waals surface area contributed by atoms with E-state index in [0.717, 1.165) is 17.4 Å². The van der Waals surface area contributed by atoms with E-state index in [-0.39, 0.29) is 18.1 Å². The number of pyridine rings is 1. The molecule has 136 valence electrons. The number of hydrogen-bond donors (Lipinski definition) is 0. The van der Waals surface area contributed by atoms with Gasteiger partial charge in [-0.05, 0) is 28.1 Å². The standard InChI is InChI=1S/C15H16BrF3N4OS/c1-22(13(24)4-7-25-8-5-15(17,18)19)12-10-23(21-14(12)16)11-3-2-6-20-9-11/h2-3,6,9-10H,4-5,7-8H2,1H3. The Morgan fingerprint density at radius 1 is 1.40 bits per heavy atom. The molecule has 2 aromatic heterocycles. The number of hydrogen-bond acceptors (Lipinski definition) is 4. The molecule has 0 spiro atoms. The van der Waals surface area contributed by atoms with Crippen LogP contribution in [-0.4, -0.2) is 45.4 Å². The molecule has 0 aliphatic rings. The number of nitrogens with zero attached hydrogens (tertiary/aromatic N) is 4. The first-order chi connectivity index (χ1) is 11.8. The maximum Gasteiger partial charge on any atom is 0.389 e. The van der Waals surface area contributed by atoms with Gasteiger partial charge in [0.05, 0.1) is 30.2 Å². The number of carbonyl (C=O) groups is 1. The van der Waals surface area contributed by atoms with Gasteiger partial charge in [-0.2, -0.15) is 30.0 Å². The van der Waals surface area contributed by atoms with Gasteiger partial charge in [0.2, 0.25) is 5.91 Å². The van der Waals surface area contributed by atoms with Gasteiger partial charge in [-0.15, -0.1) is 0 Å². The molecule has 0 saturated carbocycles. The van der Waals surface area contributed by atoms with Crippen molar-refractivity contribution in [2.45, 2.75) is 19.0 Å². The number of alkyl halides is 3. The molecule has 0 aromatic carbocycles. The van der Waals surface area contributed by atoms with E-state index in [4.69, 9.17) is 0 Å². The molecule has 25 heavy (non-hydrogen) atoms. The number of halogens is 4. The zero-order chi connectivity index (χ0) is 18.4. The minimum absolute atomic E-state index is 0.0386. The summed E-state index contributed by atoms with van der Waals surface area (Å²) in [5.74, 6) is 0.113. The molecule has 2 aromatic rings. The summed E-state index contributed by atoms with van der Waals surface area (Å²) < 4.78 is 38.3. The first-order valence-corrected chi connectivity index (χ1v) is 9.29.